The molecule has 0 amide bonds. The van der Waals surface area contributed by atoms with Crippen molar-refractivity contribution in [3.05, 3.63) is 0 Å². The Hall–Kier alpha value is -0.120. The molecule has 0 radical (unpaired) electrons. The third-order valence-corrected chi connectivity index (χ3v) is 3.05. The molecule has 98 valence electrons. The molecule has 0 spiro atoms. The summed E-state index contributed by atoms with van der Waals surface area (Å²) in [6.45, 7) is 12.3. The molecule has 0 aliphatic heterocycles. The van der Waals surface area contributed by atoms with Crippen molar-refractivity contribution in [3.8, 4) is 0 Å². The van der Waals surface area contributed by atoms with E-state index in [-0.39, 0.29) is 0 Å². The van der Waals surface area contributed by atoms with Crippen LogP contribution in [-0.4, -0.2) is 39.5 Å². The van der Waals surface area contributed by atoms with Crippen molar-refractivity contribution < 1.29 is 9.47 Å². The maximum atomic E-state index is 5.61. The Labute approximate surface area is 101 Å². The molecule has 0 bridgehead atoms. The zero-order valence-electron chi connectivity index (χ0n) is 11.6. The van der Waals surface area contributed by atoms with Gasteiger partial charge in [0.15, 0.2) is 0 Å². The molecule has 0 aliphatic rings. The number of hydrogen-bond acceptors (Lipinski definition) is 3. The molecular weight excluding hydrogens is 202 g/mol. The fourth-order valence-electron chi connectivity index (χ4n) is 1.50. The molecule has 0 aromatic heterocycles. The van der Waals surface area contributed by atoms with Gasteiger partial charge in [-0.2, -0.15) is 0 Å². The van der Waals surface area contributed by atoms with Crippen LogP contribution in [0.5, 0.6) is 0 Å². The summed E-state index contributed by atoms with van der Waals surface area (Å²) in [5.41, 5.74) is 0.336. The summed E-state index contributed by atoms with van der Waals surface area (Å²) in [7, 11) is 1.73. The maximum absolute atomic E-state index is 5.61. The molecule has 0 saturated heterocycles. The monoisotopic (exact) mass is 231 g/mol. The van der Waals surface area contributed by atoms with E-state index in [4.69, 9.17) is 9.47 Å². The molecule has 0 aromatic carbocycles. The van der Waals surface area contributed by atoms with Gasteiger partial charge in [0, 0.05) is 26.8 Å². The van der Waals surface area contributed by atoms with Crippen molar-refractivity contribution in [2.45, 2.75) is 46.6 Å². The van der Waals surface area contributed by atoms with Gasteiger partial charge in [0.1, 0.15) is 0 Å². The number of ether oxygens (including phenoxy) is 2. The number of rotatable bonds is 10. The molecule has 0 heterocycles. The minimum Gasteiger partial charge on any atom is -0.383 e. The molecule has 1 unspecified atom stereocenters. The Kier molecular flexibility index (Phi) is 8.90. The predicted molar refractivity (Wildman–Crippen MR) is 68.8 cm³/mol. The lowest BCUT2D eigenvalue weighted by Crippen LogP contribution is -2.34. The van der Waals surface area contributed by atoms with Gasteiger partial charge < -0.3 is 14.8 Å². The first-order chi connectivity index (χ1) is 7.54. The van der Waals surface area contributed by atoms with E-state index in [0.29, 0.717) is 11.5 Å². The summed E-state index contributed by atoms with van der Waals surface area (Å²) in [6, 6.07) is 0. The zero-order chi connectivity index (χ0) is 12.4. The Morgan fingerprint density at radius 2 is 1.94 bits per heavy atom. The second-order valence-electron chi connectivity index (χ2n) is 5.00. The van der Waals surface area contributed by atoms with E-state index in [2.05, 4.69) is 33.0 Å². The lowest BCUT2D eigenvalue weighted by molar-refractivity contribution is 0.0527. The molecule has 0 rings (SSSR count). The van der Waals surface area contributed by atoms with Crippen LogP contribution in [0.25, 0.3) is 0 Å². The van der Waals surface area contributed by atoms with E-state index in [1.165, 1.54) is 6.42 Å². The van der Waals surface area contributed by atoms with E-state index in [9.17, 15) is 0 Å². The van der Waals surface area contributed by atoms with Crippen LogP contribution in [0.2, 0.25) is 0 Å². The van der Waals surface area contributed by atoms with Crippen LogP contribution in [0.3, 0.4) is 0 Å². The van der Waals surface area contributed by atoms with Crippen molar-refractivity contribution in [3.63, 3.8) is 0 Å². The van der Waals surface area contributed by atoms with Crippen molar-refractivity contribution >= 4 is 0 Å². The van der Waals surface area contributed by atoms with Gasteiger partial charge in [-0.05, 0) is 32.1 Å². The molecule has 3 heteroatoms. The van der Waals surface area contributed by atoms with E-state index in [1.807, 2.05) is 0 Å². The predicted octanol–water partition coefficient (Wildman–Crippen LogP) is 2.45. The van der Waals surface area contributed by atoms with Crippen LogP contribution >= 0.6 is 0 Å². The summed E-state index contributed by atoms with van der Waals surface area (Å²) in [4.78, 5) is 0. The van der Waals surface area contributed by atoms with E-state index in [1.54, 1.807) is 7.11 Å². The summed E-state index contributed by atoms with van der Waals surface area (Å²) in [5.74, 6) is 0. The number of methoxy groups -OCH3 is 1. The number of nitrogens with one attached hydrogen (secondary N) is 1. The van der Waals surface area contributed by atoms with E-state index in [0.717, 1.165) is 32.7 Å². The van der Waals surface area contributed by atoms with Crippen LogP contribution in [0.4, 0.5) is 0 Å². The molecule has 16 heavy (non-hydrogen) atoms. The summed E-state index contributed by atoms with van der Waals surface area (Å²) in [5, 5.41) is 3.44. The van der Waals surface area contributed by atoms with E-state index < -0.39 is 0 Å². The van der Waals surface area contributed by atoms with Gasteiger partial charge in [-0.1, -0.05) is 13.8 Å². The van der Waals surface area contributed by atoms with Crippen molar-refractivity contribution in [2.75, 3.05) is 33.4 Å². The SMILES string of the molecule is CCC(C)(CCOC(C)C)CNCCOC. The van der Waals surface area contributed by atoms with Gasteiger partial charge in [0.05, 0.1) is 12.7 Å². The number of hydrogen-bond donors (Lipinski definition) is 1. The Morgan fingerprint density at radius 1 is 1.25 bits per heavy atom. The highest BCUT2D eigenvalue weighted by atomic mass is 16.5. The quantitative estimate of drug-likeness (QED) is 0.586. The Morgan fingerprint density at radius 3 is 2.44 bits per heavy atom. The van der Waals surface area contributed by atoms with Crippen molar-refractivity contribution in [1.82, 2.24) is 5.32 Å². The van der Waals surface area contributed by atoms with Crippen molar-refractivity contribution in [1.29, 1.82) is 0 Å². The molecule has 1 atom stereocenters. The van der Waals surface area contributed by atoms with Crippen LogP contribution in [0.1, 0.15) is 40.5 Å². The van der Waals surface area contributed by atoms with Crippen molar-refractivity contribution in [2.24, 2.45) is 5.41 Å². The maximum Gasteiger partial charge on any atom is 0.0587 e. The molecule has 0 aromatic rings. The fourth-order valence-corrected chi connectivity index (χ4v) is 1.50. The lowest BCUT2D eigenvalue weighted by atomic mass is 9.84. The fraction of sp³-hybridized carbons (Fsp3) is 1.00. The van der Waals surface area contributed by atoms with Gasteiger partial charge in [-0.25, -0.2) is 0 Å². The first kappa shape index (κ1) is 15.9. The highest BCUT2D eigenvalue weighted by Gasteiger charge is 2.21. The standard InChI is InChI=1S/C13H29NO2/c1-6-13(4,7-9-16-12(2)3)11-14-8-10-15-5/h12,14H,6-11H2,1-5H3. The second kappa shape index (κ2) is 8.97. The average Bonchev–Trinajstić information content (AvgIpc) is 2.24. The third kappa shape index (κ3) is 8.08. The second-order valence-corrected chi connectivity index (χ2v) is 5.00. The molecular formula is C13H29NO2. The van der Waals surface area contributed by atoms with Crippen LogP contribution in [-0.2, 0) is 9.47 Å². The Bertz CT molecular complexity index is 162. The van der Waals surface area contributed by atoms with Gasteiger partial charge in [0.2, 0.25) is 0 Å². The normalized spacial score (nSPS) is 15.4. The first-order valence-corrected chi connectivity index (χ1v) is 6.35. The summed E-state index contributed by atoms with van der Waals surface area (Å²) < 4.78 is 10.6. The highest BCUT2D eigenvalue weighted by Crippen LogP contribution is 2.24. The van der Waals surface area contributed by atoms with Crippen LogP contribution in [0.15, 0.2) is 0 Å². The Balaban J connectivity index is 3.72. The average molecular weight is 231 g/mol. The summed E-state index contributed by atoms with van der Waals surface area (Å²) in [6.07, 6.45) is 2.62. The smallest absolute Gasteiger partial charge is 0.0587 e. The topological polar surface area (TPSA) is 30.5 Å². The van der Waals surface area contributed by atoms with Gasteiger partial charge in [0.25, 0.3) is 0 Å². The largest absolute Gasteiger partial charge is 0.383 e. The highest BCUT2D eigenvalue weighted by molar-refractivity contribution is 4.75. The minimum atomic E-state index is 0.336. The van der Waals surface area contributed by atoms with Crippen LogP contribution in [0, 0.1) is 5.41 Å². The molecule has 0 aliphatic carbocycles. The van der Waals surface area contributed by atoms with Crippen LogP contribution < -0.4 is 5.32 Å². The van der Waals surface area contributed by atoms with Gasteiger partial charge in [-0.3, -0.25) is 0 Å². The molecule has 0 fully saturated rings. The minimum absolute atomic E-state index is 0.336. The third-order valence-electron chi connectivity index (χ3n) is 3.05. The zero-order valence-corrected chi connectivity index (χ0v) is 11.6. The van der Waals surface area contributed by atoms with E-state index >= 15 is 0 Å². The molecule has 0 saturated carbocycles. The lowest BCUT2D eigenvalue weighted by Gasteiger charge is -2.29. The first-order valence-electron chi connectivity index (χ1n) is 6.35. The summed E-state index contributed by atoms with van der Waals surface area (Å²) >= 11 is 0. The molecule has 1 N–H and O–H groups in total. The molecule has 3 nitrogen and oxygen atoms in total. The van der Waals surface area contributed by atoms with Gasteiger partial charge >= 0.3 is 0 Å². The van der Waals surface area contributed by atoms with Gasteiger partial charge in [-0.15, -0.1) is 0 Å².